The molecule has 2 aromatic heterocycles. The van der Waals surface area contributed by atoms with E-state index in [-0.39, 0.29) is 0 Å². The van der Waals surface area contributed by atoms with E-state index in [9.17, 15) is 0 Å². The van der Waals surface area contributed by atoms with Crippen molar-refractivity contribution in [2.75, 3.05) is 6.61 Å². The summed E-state index contributed by atoms with van der Waals surface area (Å²) in [7, 11) is 0. The first kappa shape index (κ1) is 20.2. The van der Waals surface area contributed by atoms with Crippen LogP contribution in [-0.4, -0.2) is 21.1 Å². The molecule has 2 aromatic carbocycles. The molecule has 2 heterocycles. The minimum absolute atomic E-state index is 0.514. The summed E-state index contributed by atoms with van der Waals surface area (Å²) in [6, 6.07) is 14.3. The maximum Gasteiger partial charge on any atom is 0.307 e. The normalized spacial score (nSPS) is 11.1. The molecule has 0 aliphatic rings. The van der Waals surface area contributed by atoms with Crippen molar-refractivity contribution >= 4 is 11.6 Å². The molecule has 0 radical (unpaired) electrons. The molecule has 0 bridgehead atoms. The molecule has 0 atom stereocenters. The lowest BCUT2D eigenvalue weighted by molar-refractivity contribution is 0.302. The molecule has 0 spiro atoms. The van der Waals surface area contributed by atoms with Gasteiger partial charge in [-0.25, -0.2) is 4.98 Å². The van der Waals surface area contributed by atoms with E-state index >= 15 is 0 Å². The summed E-state index contributed by atoms with van der Waals surface area (Å²) >= 11 is 6.06. The van der Waals surface area contributed by atoms with Crippen molar-refractivity contribution < 1.29 is 9.15 Å². The van der Waals surface area contributed by atoms with Gasteiger partial charge in [-0.05, 0) is 50.5 Å². The average molecular weight is 422 g/mol. The number of benzene rings is 2. The van der Waals surface area contributed by atoms with Gasteiger partial charge in [0.15, 0.2) is 0 Å². The van der Waals surface area contributed by atoms with Crippen LogP contribution in [0.5, 0.6) is 5.75 Å². The lowest BCUT2D eigenvalue weighted by atomic mass is 10.1. The van der Waals surface area contributed by atoms with Gasteiger partial charge in [0, 0.05) is 29.4 Å². The Morgan fingerprint density at radius 1 is 1.03 bits per heavy atom. The smallest absolute Gasteiger partial charge is 0.307 e. The summed E-state index contributed by atoms with van der Waals surface area (Å²) in [4.78, 5) is 9.02. The van der Waals surface area contributed by atoms with Crippen LogP contribution in [0.2, 0.25) is 5.02 Å². The average Bonchev–Trinajstić information content (AvgIpc) is 3.33. The van der Waals surface area contributed by atoms with E-state index in [2.05, 4.69) is 31.0 Å². The van der Waals surface area contributed by atoms with Gasteiger partial charge in [0.25, 0.3) is 0 Å². The standard InChI is InChI=1S/C24H24ClN3O2/c1-16-6-4-7-17(2)23(16)29-15-5-8-21-22(19-9-11-20(25)12-10-19)27-24(30-21)28-14-13-26-18(28)3/h4,6-7,9-14H,5,8,15H2,1-3H3. The second kappa shape index (κ2) is 8.76. The summed E-state index contributed by atoms with van der Waals surface area (Å²) in [6.45, 7) is 6.66. The van der Waals surface area contributed by atoms with Gasteiger partial charge in [0.2, 0.25) is 0 Å². The second-order valence-corrected chi connectivity index (χ2v) is 7.73. The van der Waals surface area contributed by atoms with Crippen LogP contribution in [0.4, 0.5) is 0 Å². The Hall–Kier alpha value is -3.05. The van der Waals surface area contributed by atoms with Gasteiger partial charge in [-0.3, -0.25) is 4.57 Å². The summed E-state index contributed by atoms with van der Waals surface area (Å²) < 4.78 is 14.0. The highest BCUT2D eigenvalue weighted by atomic mass is 35.5. The van der Waals surface area contributed by atoms with Gasteiger partial charge >= 0.3 is 6.01 Å². The molecule has 0 aliphatic carbocycles. The van der Waals surface area contributed by atoms with Crippen LogP contribution in [0.25, 0.3) is 17.3 Å². The molecule has 6 heteroatoms. The third-order valence-corrected chi connectivity index (χ3v) is 5.29. The Bertz CT molecular complexity index is 1130. The number of halogens is 1. The minimum Gasteiger partial charge on any atom is -0.493 e. The third-order valence-electron chi connectivity index (χ3n) is 5.04. The van der Waals surface area contributed by atoms with Crippen LogP contribution >= 0.6 is 11.6 Å². The summed E-state index contributed by atoms with van der Waals surface area (Å²) in [6.07, 6.45) is 5.11. The molecule has 0 fully saturated rings. The predicted molar refractivity (Wildman–Crippen MR) is 119 cm³/mol. The zero-order valence-electron chi connectivity index (χ0n) is 17.4. The molecular weight excluding hydrogens is 398 g/mol. The number of aromatic nitrogens is 3. The fourth-order valence-electron chi connectivity index (χ4n) is 3.46. The van der Waals surface area contributed by atoms with E-state index < -0.39 is 0 Å². The minimum atomic E-state index is 0.514. The molecular formula is C24H24ClN3O2. The Morgan fingerprint density at radius 2 is 1.77 bits per heavy atom. The largest absolute Gasteiger partial charge is 0.493 e. The molecule has 0 saturated heterocycles. The van der Waals surface area contributed by atoms with Crippen molar-refractivity contribution in [3.8, 4) is 23.0 Å². The van der Waals surface area contributed by atoms with Crippen molar-refractivity contribution in [2.24, 2.45) is 0 Å². The van der Waals surface area contributed by atoms with Crippen molar-refractivity contribution in [3.63, 3.8) is 0 Å². The van der Waals surface area contributed by atoms with E-state index in [1.165, 1.54) is 0 Å². The third kappa shape index (κ3) is 4.26. The predicted octanol–water partition coefficient (Wildman–Crippen LogP) is 6.12. The monoisotopic (exact) mass is 421 g/mol. The molecule has 4 rings (SSSR count). The van der Waals surface area contributed by atoms with E-state index in [0.717, 1.165) is 46.1 Å². The summed E-state index contributed by atoms with van der Waals surface area (Å²) in [5.41, 5.74) is 4.09. The van der Waals surface area contributed by atoms with Crippen LogP contribution in [0.3, 0.4) is 0 Å². The van der Waals surface area contributed by atoms with Crippen LogP contribution in [0.1, 0.15) is 29.1 Å². The molecule has 0 amide bonds. The maximum absolute atomic E-state index is 6.15. The van der Waals surface area contributed by atoms with Gasteiger partial charge in [0.05, 0.1) is 6.61 Å². The topological polar surface area (TPSA) is 53.1 Å². The highest BCUT2D eigenvalue weighted by Gasteiger charge is 2.17. The molecule has 4 aromatic rings. The quantitative estimate of drug-likeness (QED) is 0.337. The fraction of sp³-hybridized carbons (Fsp3) is 0.250. The second-order valence-electron chi connectivity index (χ2n) is 7.29. The molecule has 30 heavy (non-hydrogen) atoms. The Morgan fingerprint density at radius 3 is 2.43 bits per heavy atom. The van der Waals surface area contributed by atoms with Crippen LogP contribution in [-0.2, 0) is 6.42 Å². The zero-order valence-corrected chi connectivity index (χ0v) is 18.1. The van der Waals surface area contributed by atoms with Crippen LogP contribution < -0.4 is 4.74 Å². The fourth-order valence-corrected chi connectivity index (χ4v) is 3.59. The van der Waals surface area contributed by atoms with Crippen LogP contribution in [0.15, 0.2) is 59.3 Å². The molecule has 0 saturated carbocycles. The molecule has 0 N–H and O–H groups in total. The number of hydrogen-bond acceptors (Lipinski definition) is 4. The summed E-state index contributed by atoms with van der Waals surface area (Å²) in [5.74, 6) is 2.61. The SMILES string of the molecule is Cc1cccc(C)c1OCCCc1oc(-n2ccnc2C)nc1-c1ccc(Cl)cc1. The van der Waals surface area contributed by atoms with Crippen molar-refractivity contribution in [2.45, 2.75) is 33.6 Å². The van der Waals surface area contributed by atoms with Crippen molar-refractivity contribution in [1.82, 2.24) is 14.5 Å². The first-order valence-electron chi connectivity index (χ1n) is 9.98. The zero-order chi connectivity index (χ0) is 21.1. The van der Waals surface area contributed by atoms with Crippen LogP contribution in [0, 0.1) is 20.8 Å². The molecule has 0 aliphatic heterocycles. The van der Waals surface area contributed by atoms with E-state index in [0.29, 0.717) is 24.1 Å². The first-order chi connectivity index (χ1) is 14.5. The number of nitrogens with zero attached hydrogens (tertiary/aromatic N) is 3. The maximum atomic E-state index is 6.15. The van der Waals surface area contributed by atoms with Crippen molar-refractivity contribution in [1.29, 1.82) is 0 Å². The highest BCUT2D eigenvalue weighted by Crippen LogP contribution is 2.29. The number of imidazole rings is 1. The Labute approximate surface area is 181 Å². The van der Waals surface area contributed by atoms with E-state index in [4.69, 9.17) is 25.7 Å². The van der Waals surface area contributed by atoms with Gasteiger partial charge in [-0.2, -0.15) is 4.98 Å². The van der Waals surface area contributed by atoms with Crippen molar-refractivity contribution in [3.05, 3.63) is 82.6 Å². The van der Waals surface area contributed by atoms with E-state index in [1.807, 2.05) is 48.0 Å². The number of ether oxygens (including phenoxy) is 1. The number of oxazole rings is 1. The van der Waals surface area contributed by atoms with Gasteiger partial charge in [-0.15, -0.1) is 0 Å². The lowest BCUT2D eigenvalue weighted by Gasteiger charge is -2.11. The van der Waals surface area contributed by atoms with Gasteiger partial charge in [-0.1, -0.05) is 41.9 Å². The number of aryl methyl sites for hydroxylation is 4. The van der Waals surface area contributed by atoms with E-state index in [1.54, 1.807) is 6.20 Å². The van der Waals surface area contributed by atoms with Gasteiger partial charge in [0.1, 0.15) is 23.0 Å². The Kier molecular flexibility index (Phi) is 5.91. The number of hydrogen-bond donors (Lipinski definition) is 0. The first-order valence-corrected chi connectivity index (χ1v) is 10.4. The Balaban J connectivity index is 1.54. The molecule has 5 nitrogen and oxygen atoms in total. The summed E-state index contributed by atoms with van der Waals surface area (Å²) in [5, 5.41) is 0.691. The molecule has 0 unspecified atom stereocenters. The number of para-hydroxylation sites is 1. The van der Waals surface area contributed by atoms with Gasteiger partial charge < -0.3 is 9.15 Å². The lowest BCUT2D eigenvalue weighted by Crippen LogP contribution is -2.02. The number of rotatable bonds is 7. The molecule has 154 valence electrons. The highest BCUT2D eigenvalue weighted by molar-refractivity contribution is 6.30.